The Morgan fingerprint density at radius 3 is 2.56 bits per heavy atom. The lowest BCUT2D eigenvalue weighted by Gasteiger charge is -2.26. The molecule has 34 heavy (non-hydrogen) atoms. The van der Waals surface area contributed by atoms with E-state index in [1.807, 2.05) is 60.7 Å². The summed E-state index contributed by atoms with van der Waals surface area (Å²) in [7, 11) is 0. The van der Waals surface area contributed by atoms with E-state index in [0.29, 0.717) is 6.61 Å². The number of nitrogens with zero attached hydrogens (tertiary/aromatic N) is 3. The van der Waals surface area contributed by atoms with Gasteiger partial charge in [0.2, 0.25) is 0 Å². The van der Waals surface area contributed by atoms with E-state index in [1.54, 1.807) is 23.0 Å². The van der Waals surface area contributed by atoms with Gasteiger partial charge in [-0.15, -0.1) is 0 Å². The summed E-state index contributed by atoms with van der Waals surface area (Å²) >= 11 is 0. The Balaban J connectivity index is 1.28. The lowest BCUT2D eigenvalue weighted by atomic mass is 10.1. The van der Waals surface area contributed by atoms with Gasteiger partial charge in [0.25, 0.3) is 0 Å². The minimum Gasteiger partial charge on any atom is -0.492 e. The van der Waals surface area contributed by atoms with E-state index >= 15 is 0 Å². The molecule has 2 aromatic heterocycles. The molecular formula is C27H27N5O2. The molecule has 0 aliphatic carbocycles. The van der Waals surface area contributed by atoms with Crippen molar-refractivity contribution in [2.75, 3.05) is 39.5 Å². The first-order valence-corrected chi connectivity index (χ1v) is 11.4. The van der Waals surface area contributed by atoms with Crippen molar-refractivity contribution < 1.29 is 9.47 Å². The van der Waals surface area contributed by atoms with Crippen molar-refractivity contribution in [1.29, 1.82) is 10.8 Å². The van der Waals surface area contributed by atoms with Crippen molar-refractivity contribution in [3.8, 4) is 16.9 Å². The molecule has 1 fully saturated rings. The van der Waals surface area contributed by atoms with Gasteiger partial charge in [0.05, 0.1) is 18.7 Å². The maximum atomic E-state index is 8.72. The van der Waals surface area contributed by atoms with Gasteiger partial charge in [-0.1, -0.05) is 30.3 Å². The van der Waals surface area contributed by atoms with Crippen molar-refractivity contribution in [2.45, 2.75) is 0 Å². The molecule has 0 unspecified atom stereocenters. The SMILES string of the molecule is N=C(c1ccnc2ccccc12)n1ccc(-c2ccc(OCCN3CCOCC3)cc2)cc1=N. The normalized spacial score (nSPS) is 14.2. The quantitative estimate of drug-likeness (QED) is 0.344. The lowest BCUT2D eigenvalue weighted by Crippen LogP contribution is -2.38. The van der Waals surface area contributed by atoms with Crippen molar-refractivity contribution in [3.05, 3.63) is 90.2 Å². The van der Waals surface area contributed by atoms with Gasteiger partial charge >= 0.3 is 0 Å². The molecule has 5 rings (SSSR count). The highest BCUT2D eigenvalue weighted by Crippen LogP contribution is 2.22. The summed E-state index contributed by atoms with van der Waals surface area (Å²) < 4.78 is 12.9. The number of benzene rings is 2. The summed E-state index contributed by atoms with van der Waals surface area (Å²) in [4.78, 5) is 6.72. The standard InChI is InChI=1S/C27H27N5O2/c28-26-19-21(20-5-7-22(8-6-20)34-18-15-31-13-16-33-17-14-31)10-12-32(26)27(29)24-9-11-30-25-4-2-1-3-23(24)25/h1-12,19,28-29H,13-18H2. The van der Waals surface area contributed by atoms with Crippen LogP contribution in [0.5, 0.6) is 5.75 Å². The van der Waals surface area contributed by atoms with Crippen LogP contribution in [-0.4, -0.2) is 59.7 Å². The molecule has 0 amide bonds. The summed E-state index contributed by atoms with van der Waals surface area (Å²) in [5, 5.41) is 18.2. The van der Waals surface area contributed by atoms with Gasteiger partial charge in [-0.25, -0.2) is 0 Å². The lowest BCUT2D eigenvalue weighted by molar-refractivity contribution is 0.0322. The average Bonchev–Trinajstić information content (AvgIpc) is 2.89. The number of hydrogen-bond donors (Lipinski definition) is 2. The van der Waals surface area contributed by atoms with E-state index in [1.165, 1.54) is 0 Å². The molecule has 0 saturated carbocycles. The molecular weight excluding hydrogens is 426 g/mol. The van der Waals surface area contributed by atoms with E-state index < -0.39 is 0 Å². The molecule has 4 aromatic rings. The predicted molar refractivity (Wildman–Crippen MR) is 132 cm³/mol. The highest BCUT2D eigenvalue weighted by atomic mass is 16.5. The van der Waals surface area contributed by atoms with Crippen LogP contribution in [0.15, 0.2) is 79.1 Å². The average molecular weight is 454 g/mol. The Bertz CT molecular complexity index is 1350. The third kappa shape index (κ3) is 4.76. The number of hydrogen-bond acceptors (Lipinski definition) is 6. The molecule has 172 valence electrons. The molecule has 0 atom stereocenters. The number of fused-ring (bicyclic) bond motifs is 1. The third-order valence-electron chi connectivity index (χ3n) is 6.07. The number of ether oxygens (including phenoxy) is 2. The first-order chi connectivity index (χ1) is 16.7. The number of nitrogens with one attached hydrogen (secondary N) is 2. The van der Waals surface area contributed by atoms with Gasteiger partial charge in [-0.3, -0.25) is 25.3 Å². The van der Waals surface area contributed by atoms with Crippen LogP contribution in [0.1, 0.15) is 5.56 Å². The summed E-state index contributed by atoms with van der Waals surface area (Å²) in [6.07, 6.45) is 3.48. The number of para-hydroxylation sites is 1. The van der Waals surface area contributed by atoms with Crippen LogP contribution in [0.2, 0.25) is 0 Å². The molecule has 3 heterocycles. The monoisotopic (exact) mass is 453 g/mol. The Kier molecular flexibility index (Phi) is 6.46. The summed E-state index contributed by atoms with van der Waals surface area (Å²) in [5.41, 5.74) is 3.75. The second kappa shape index (κ2) is 9.99. The van der Waals surface area contributed by atoms with Crippen LogP contribution in [0.3, 0.4) is 0 Å². The molecule has 0 spiro atoms. The molecule has 7 nitrogen and oxygen atoms in total. The summed E-state index contributed by atoms with van der Waals surface area (Å²) in [6, 6.07) is 21.2. The van der Waals surface area contributed by atoms with Crippen molar-refractivity contribution in [2.24, 2.45) is 0 Å². The number of aromatic nitrogens is 2. The zero-order valence-electron chi connectivity index (χ0n) is 18.9. The first kappa shape index (κ1) is 22.0. The molecule has 2 aromatic carbocycles. The highest BCUT2D eigenvalue weighted by molar-refractivity contribution is 6.08. The second-order valence-electron chi connectivity index (χ2n) is 8.22. The molecule has 0 bridgehead atoms. The van der Waals surface area contributed by atoms with Gasteiger partial charge in [-0.2, -0.15) is 0 Å². The maximum Gasteiger partial charge on any atom is 0.138 e. The Hall–Kier alpha value is -3.81. The van der Waals surface area contributed by atoms with E-state index in [-0.39, 0.29) is 11.3 Å². The highest BCUT2D eigenvalue weighted by Gasteiger charge is 2.11. The minimum atomic E-state index is 0.245. The molecule has 1 aliphatic heterocycles. The molecule has 7 heteroatoms. The smallest absolute Gasteiger partial charge is 0.138 e. The molecule has 1 aliphatic rings. The van der Waals surface area contributed by atoms with E-state index in [4.69, 9.17) is 20.3 Å². The van der Waals surface area contributed by atoms with Crippen molar-refractivity contribution in [1.82, 2.24) is 14.5 Å². The van der Waals surface area contributed by atoms with Gasteiger partial charge in [0.1, 0.15) is 23.7 Å². The van der Waals surface area contributed by atoms with Crippen LogP contribution in [0, 0.1) is 10.8 Å². The molecule has 1 saturated heterocycles. The fraction of sp³-hybridized carbons (Fsp3) is 0.222. The number of rotatable bonds is 6. The third-order valence-corrected chi connectivity index (χ3v) is 6.07. The fourth-order valence-corrected chi connectivity index (χ4v) is 4.17. The predicted octanol–water partition coefficient (Wildman–Crippen LogP) is 3.77. The van der Waals surface area contributed by atoms with E-state index in [9.17, 15) is 0 Å². The van der Waals surface area contributed by atoms with Gasteiger partial charge in [0, 0.05) is 43.0 Å². The van der Waals surface area contributed by atoms with Gasteiger partial charge in [-0.05, 0) is 47.5 Å². The van der Waals surface area contributed by atoms with Gasteiger partial charge in [0.15, 0.2) is 0 Å². The number of morpholine rings is 1. The minimum absolute atomic E-state index is 0.245. The van der Waals surface area contributed by atoms with Gasteiger partial charge < -0.3 is 9.47 Å². The van der Waals surface area contributed by atoms with Crippen molar-refractivity contribution >= 4 is 16.7 Å². The number of pyridine rings is 2. The maximum absolute atomic E-state index is 8.72. The largest absolute Gasteiger partial charge is 0.492 e. The Morgan fingerprint density at radius 2 is 1.76 bits per heavy atom. The first-order valence-electron chi connectivity index (χ1n) is 11.4. The van der Waals surface area contributed by atoms with E-state index in [2.05, 4.69) is 9.88 Å². The second-order valence-corrected chi connectivity index (χ2v) is 8.22. The molecule has 0 radical (unpaired) electrons. The topological polar surface area (TPSA) is 87.2 Å². The van der Waals surface area contributed by atoms with Crippen LogP contribution in [0.25, 0.3) is 22.0 Å². The zero-order chi connectivity index (χ0) is 23.3. The van der Waals surface area contributed by atoms with Crippen LogP contribution >= 0.6 is 0 Å². The summed E-state index contributed by atoms with van der Waals surface area (Å²) in [5.74, 6) is 1.08. The van der Waals surface area contributed by atoms with Crippen LogP contribution < -0.4 is 10.2 Å². The van der Waals surface area contributed by atoms with Crippen LogP contribution in [-0.2, 0) is 4.74 Å². The van der Waals surface area contributed by atoms with E-state index in [0.717, 1.165) is 66.2 Å². The Labute approximate surface area is 198 Å². The Morgan fingerprint density at radius 1 is 0.971 bits per heavy atom. The molecule has 2 N–H and O–H groups in total. The summed E-state index contributed by atoms with van der Waals surface area (Å²) in [6.45, 7) is 5.05. The zero-order valence-corrected chi connectivity index (χ0v) is 18.9. The van der Waals surface area contributed by atoms with Crippen molar-refractivity contribution in [3.63, 3.8) is 0 Å². The van der Waals surface area contributed by atoms with Crippen LogP contribution in [0.4, 0.5) is 0 Å². The fourth-order valence-electron chi connectivity index (χ4n) is 4.17.